The van der Waals surface area contributed by atoms with E-state index < -0.39 is 0 Å². The lowest BCUT2D eigenvalue weighted by atomic mass is 10.1. The molecule has 0 aliphatic carbocycles. The van der Waals surface area contributed by atoms with Gasteiger partial charge in [0, 0.05) is 51.0 Å². The third-order valence-corrected chi connectivity index (χ3v) is 5.64. The Hall–Kier alpha value is -1.52. The normalized spacial score (nSPS) is 18.1. The first-order valence-electron chi connectivity index (χ1n) is 10.1. The Morgan fingerprint density at radius 3 is 2.67 bits per heavy atom. The van der Waals surface area contributed by atoms with Crippen LogP contribution in [-0.2, 0) is 7.05 Å². The molecule has 1 aromatic heterocycles. The van der Waals surface area contributed by atoms with Crippen LogP contribution in [0.25, 0.3) is 0 Å². The Bertz CT molecular complexity index is 806. The number of guanidine groups is 1. The van der Waals surface area contributed by atoms with Crippen LogP contribution in [0, 0.1) is 0 Å². The quantitative estimate of drug-likeness (QED) is 0.332. The van der Waals surface area contributed by atoms with Gasteiger partial charge in [-0.25, -0.2) is 0 Å². The van der Waals surface area contributed by atoms with Crippen LogP contribution in [0.3, 0.4) is 0 Å². The zero-order valence-corrected chi connectivity index (χ0v) is 21.3. The highest BCUT2D eigenvalue weighted by Gasteiger charge is 2.22. The van der Waals surface area contributed by atoms with Gasteiger partial charge >= 0.3 is 0 Å². The standard InChI is InChI=1S/C21H32ClN7.HI/c1-23-21(24-13-20(27(2)3)16-7-9-17(22)10-8-16)26-18-6-5-11-29(14-18)19-12-25-28(4)15-19;/h7-10,12,15,18,20H,5-6,11,13-14H2,1-4H3,(H2,23,24,26);1H. The van der Waals surface area contributed by atoms with Gasteiger partial charge in [-0.2, -0.15) is 5.10 Å². The molecule has 2 heterocycles. The number of benzene rings is 1. The van der Waals surface area contributed by atoms with Crippen molar-refractivity contribution in [1.82, 2.24) is 25.3 Å². The van der Waals surface area contributed by atoms with Crippen molar-refractivity contribution in [3.8, 4) is 0 Å². The van der Waals surface area contributed by atoms with Crippen molar-refractivity contribution in [1.29, 1.82) is 0 Å². The van der Waals surface area contributed by atoms with Crippen LogP contribution in [0.1, 0.15) is 24.4 Å². The summed E-state index contributed by atoms with van der Waals surface area (Å²) in [5, 5.41) is 12.2. The largest absolute Gasteiger partial charge is 0.367 e. The predicted octanol–water partition coefficient (Wildman–Crippen LogP) is 3.13. The molecule has 2 unspecified atom stereocenters. The molecular weight excluding hydrogens is 513 g/mol. The number of nitrogens with zero attached hydrogens (tertiary/aromatic N) is 5. The molecule has 1 aliphatic heterocycles. The summed E-state index contributed by atoms with van der Waals surface area (Å²) in [6.07, 6.45) is 6.28. The lowest BCUT2D eigenvalue weighted by Crippen LogP contribution is -2.52. The predicted molar refractivity (Wildman–Crippen MR) is 136 cm³/mol. The first kappa shape index (κ1) is 24.7. The van der Waals surface area contributed by atoms with Gasteiger partial charge in [0.2, 0.25) is 0 Å². The average Bonchev–Trinajstić information content (AvgIpc) is 3.15. The molecule has 0 spiro atoms. The lowest BCUT2D eigenvalue weighted by Gasteiger charge is -2.35. The molecule has 1 saturated heterocycles. The van der Waals surface area contributed by atoms with E-state index >= 15 is 0 Å². The summed E-state index contributed by atoms with van der Waals surface area (Å²) in [5.74, 6) is 0.837. The molecule has 3 rings (SSSR count). The number of hydrogen-bond donors (Lipinski definition) is 2. The molecule has 7 nitrogen and oxygen atoms in total. The zero-order valence-electron chi connectivity index (χ0n) is 18.2. The number of halogens is 2. The molecule has 9 heteroatoms. The summed E-state index contributed by atoms with van der Waals surface area (Å²) in [7, 11) is 7.95. The second kappa shape index (κ2) is 11.8. The molecule has 1 aromatic carbocycles. The fourth-order valence-electron chi connectivity index (χ4n) is 3.77. The number of aromatic nitrogens is 2. The molecule has 166 valence electrons. The first-order valence-corrected chi connectivity index (χ1v) is 10.5. The molecule has 2 N–H and O–H groups in total. The molecule has 0 bridgehead atoms. The minimum absolute atomic E-state index is 0. The minimum atomic E-state index is 0. The number of hydrogen-bond acceptors (Lipinski definition) is 4. The van der Waals surface area contributed by atoms with E-state index in [2.05, 4.69) is 62.9 Å². The molecule has 0 saturated carbocycles. The van der Waals surface area contributed by atoms with Gasteiger partial charge in [0.25, 0.3) is 0 Å². The van der Waals surface area contributed by atoms with Crippen molar-refractivity contribution in [3.63, 3.8) is 0 Å². The van der Waals surface area contributed by atoms with E-state index in [1.54, 1.807) is 0 Å². The summed E-state index contributed by atoms with van der Waals surface area (Å²) in [6.45, 7) is 2.77. The zero-order chi connectivity index (χ0) is 20.8. The monoisotopic (exact) mass is 545 g/mol. The van der Waals surface area contributed by atoms with Gasteiger partial charge in [0.05, 0.1) is 17.9 Å². The van der Waals surface area contributed by atoms with E-state index in [4.69, 9.17) is 11.6 Å². The summed E-state index contributed by atoms with van der Waals surface area (Å²) >= 11 is 6.04. The highest BCUT2D eigenvalue weighted by atomic mass is 127. The highest BCUT2D eigenvalue weighted by Crippen LogP contribution is 2.21. The fourth-order valence-corrected chi connectivity index (χ4v) is 3.89. The van der Waals surface area contributed by atoms with E-state index in [1.165, 1.54) is 11.3 Å². The SMILES string of the molecule is CN=C(NCC(c1ccc(Cl)cc1)N(C)C)NC1CCCN(c2cnn(C)c2)C1.I. The van der Waals surface area contributed by atoms with Crippen molar-refractivity contribution < 1.29 is 0 Å². The number of anilines is 1. The maximum atomic E-state index is 6.04. The Kier molecular flexibility index (Phi) is 9.70. The van der Waals surface area contributed by atoms with E-state index in [9.17, 15) is 0 Å². The van der Waals surface area contributed by atoms with Gasteiger partial charge in [0.15, 0.2) is 5.96 Å². The van der Waals surface area contributed by atoms with Gasteiger partial charge < -0.3 is 20.4 Å². The molecule has 1 fully saturated rings. The van der Waals surface area contributed by atoms with Crippen molar-refractivity contribution >= 4 is 47.2 Å². The molecule has 30 heavy (non-hydrogen) atoms. The maximum absolute atomic E-state index is 6.04. The second-order valence-corrected chi connectivity index (χ2v) is 8.22. The van der Waals surface area contributed by atoms with Crippen molar-refractivity contribution in [3.05, 3.63) is 47.2 Å². The van der Waals surface area contributed by atoms with Crippen LogP contribution >= 0.6 is 35.6 Å². The fraction of sp³-hybridized carbons (Fsp3) is 0.524. The third kappa shape index (κ3) is 6.75. The van der Waals surface area contributed by atoms with Gasteiger partial charge in [-0.3, -0.25) is 9.67 Å². The van der Waals surface area contributed by atoms with Gasteiger partial charge in [-0.15, -0.1) is 24.0 Å². The van der Waals surface area contributed by atoms with E-state index in [-0.39, 0.29) is 30.0 Å². The molecule has 0 radical (unpaired) electrons. The number of aryl methyl sites for hydroxylation is 1. The summed E-state index contributed by atoms with van der Waals surface area (Å²) in [4.78, 5) is 9.03. The van der Waals surface area contributed by atoms with Crippen LogP contribution < -0.4 is 15.5 Å². The third-order valence-electron chi connectivity index (χ3n) is 5.38. The van der Waals surface area contributed by atoms with Crippen LogP contribution in [0.2, 0.25) is 5.02 Å². The topological polar surface area (TPSA) is 60.7 Å². The lowest BCUT2D eigenvalue weighted by molar-refractivity contribution is 0.297. The van der Waals surface area contributed by atoms with E-state index in [0.29, 0.717) is 6.04 Å². The molecule has 0 amide bonds. The molecular formula is C21H33ClIN7. The van der Waals surface area contributed by atoms with Crippen molar-refractivity contribution in [2.45, 2.75) is 24.9 Å². The van der Waals surface area contributed by atoms with E-state index in [1.807, 2.05) is 37.1 Å². The average molecular weight is 546 g/mol. The first-order chi connectivity index (χ1) is 14.0. The Balaban J connectivity index is 0.00000320. The second-order valence-electron chi connectivity index (χ2n) is 7.79. The smallest absolute Gasteiger partial charge is 0.191 e. The summed E-state index contributed by atoms with van der Waals surface area (Å²) in [5.41, 5.74) is 2.40. The van der Waals surface area contributed by atoms with E-state index in [0.717, 1.165) is 43.5 Å². The van der Waals surface area contributed by atoms with Crippen LogP contribution in [0.15, 0.2) is 41.7 Å². The maximum Gasteiger partial charge on any atom is 0.191 e. The summed E-state index contributed by atoms with van der Waals surface area (Å²) in [6, 6.07) is 8.62. The van der Waals surface area contributed by atoms with Gasteiger partial charge in [-0.05, 0) is 44.6 Å². The van der Waals surface area contributed by atoms with Crippen LogP contribution in [0.4, 0.5) is 5.69 Å². The van der Waals surface area contributed by atoms with Crippen molar-refractivity contribution in [2.24, 2.45) is 12.0 Å². The van der Waals surface area contributed by atoms with Crippen molar-refractivity contribution in [2.75, 3.05) is 45.7 Å². The number of piperidine rings is 1. The molecule has 1 aliphatic rings. The Morgan fingerprint density at radius 1 is 1.33 bits per heavy atom. The Morgan fingerprint density at radius 2 is 2.07 bits per heavy atom. The van der Waals surface area contributed by atoms with Gasteiger partial charge in [-0.1, -0.05) is 23.7 Å². The van der Waals surface area contributed by atoms with Gasteiger partial charge in [0.1, 0.15) is 0 Å². The molecule has 2 atom stereocenters. The number of nitrogens with one attached hydrogen (secondary N) is 2. The van der Waals surface area contributed by atoms with Crippen LogP contribution in [-0.4, -0.2) is 67.5 Å². The van der Waals surface area contributed by atoms with Crippen LogP contribution in [0.5, 0.6) is 0 Å². The minimum Gasteiger partial charge on any atom is -0.367 e. The summed E-state index contributed by atoms with van der Waals surface area (Å²) < 4.78 is 1.85. The highest BCUT2D eigenvalue weighted by molar-refractivity contribution is 14.0. The number of likely N-dealkylation sites (N-methyl/N-ethyl adjacent to an activating group) is 1. The Labute approximate surface area is 201 Å². The number of aliphatic imine (C=N–C) groups is 1. The number of rotatable bonds is 6. The molecule has 2 aromatic rings.